The Hall–Kier alpha value is -2.12. The van der Waals surface area contributed by atoms with Crippen molar-refractivity contribution in [1.29, 1.82) is 10.5 Å². The van der Waals surface area contributed by atoms with Gasteiger partial charge < -0.3 is 10.0 Å². The van der Waals surface area contributed by atoms with E-state index in [0.29, 0.717) is 17.2 Å². The van der Waals surface area contributed by atoms with Crippen molar-refractivity contribution in [3.8, 4) is 12.1 Å². The van der Waals surface area contributed by atoms with Gasteiger partial charge in [-0.25, -0.2) is 4.98 Å². The summed E-state index contributed by atoms with van der Waals surface area (Å²) in [6, 6.07) is 3.98. The van der Waals surface area contributed by atoms with Crippen LogP contribution in [-0.4, -0.2) is 29.1 Å². The van der Waals surface area contributed by atoms with E-state index in [1.54, 1.807) is 4.90 Å². The number of aromatic nitrogens is 1. The molecule has 1 aromatic heterocycles. The standard InChI is InChI=1S/C12H12N4O2S/c13-4-6-16(7-5-14)12-15-10-8(11(17)18)2-1-3-9(10)19-12/h8H,1-3,6-7H2,(H,17,18). The highest BCUT2D eigenvalue weighted by Gasteiger charge is 2.30. The van der Waals surface area contributed by atoms with E-state index in [1.807, 2.05) is 12.1 Å². The second-order valence-electron chi connectivity index (χ2n) is 4.26. The van der Waals surface area contributed by atoms with Crippen molar-refractivity contribution in [2.75, 3.05) is 18.0 Å². The Balaban J connectivity index is 2.33. The van der Waals surface area contributed by atoms with Crippen LogP contribution in [0.15, 0.2) is 0 Å². The van der Waals surface area contributed by atoms with Gasteiger partial charge in [-0.1, -0.05) is 0 Å². The quantitative estimate of drug-likeness (QED) is 0.836. The summed E-state index contributed by atoms with van der Waals surface area (Å²) in [6.07, 6.45) is 2.26. The number of anilines is 1. The molecular weight excluding hydrogens is 264 g/mol. The van der Waals surface area contributed by atoms with Crippen molar-refractivity contribution < 1.29 is 9.90 Å². The molecule has 1 aliphatic carbocycles. The van der Waals surface area contributed by atoms with Gasteiger partial charge in [-0.15, -0.1) is 11.3 Å². The number of aliphatic carboxylic acids is 1. The molecule has 0 spiro atoms. The van der Waals surface area contributed by atoms with Crippen molar-refractivity contribution >= 4 is 22.4 Å². The van der Waals surface area contributed by atoms with Crippen LogP contribution in [0.1, 0.15) is 29.3 Å². The van der Waals surface area contributed by atoms with Gasteiger partial charge in [0.2, 0.25) is 0 Å². The molecule has 0 radical (unpaired) electrons. The summed E-state index contributed by atoms with van der Waals surface area (Å²) in [5.74, 6) is -1.41. The first-order valence-electron chi connectivity index (χ1n) is 5.88. The topological polar surface area (TPSA) is 101 Å². The lowest BCUT2D eigenvalue weighted by molar-refractivity contribution is -0.139. The molecule has 6 nitrogen and oxygen atoms in total. The van der Waals surface area contributed by atoms with Crippen LogP contribution in [-0.2, 0) is 11.2 Å². The summed E-state index contributed by atoms with van der Waals surface area (Å²) in [5.41, 5.74) is 0.611. The molecule has 1 unspecified atom stereocenters. The number of hydrogen-bond acceptors (Lipinski definition) is 6. The molecule has 0 fully saturated rings. The van der Waals surface area contributed by atoms with E-state index in [9.17, 15) is 9.90 Å². The van der Waals surface area contributed by atoms with E-state index in [2.05, 4.69) is 4.98 Å². The largest absolute Gasteiger partial charge is 0.481 e. The van der Waals surface area contributed by atoms with Gasteiger partial charge in [-0.2, -0.15) is 10.5 Å². The summed E-state index contributed by atoms with van der Waals surface area (Å²) >= 11 is 1.39. The predicted molar refractivity (Wildman–Crippen MR) is 68.9 cm³/mol. The SMILES string of the molecule is N#CCN(CC#N)c1nc2c(s1)CCCC2C(=O)O. The lowest BCUT2D eigenvalue weighted by Gasteiger charge is -2.16. The zero-order chi connectivity index (χ0) is 13.8. The number of carboxylic acid groups (broad SMARTS) is 1. The number of fused-ring (bicyclic) bond motifs is 1. The van der Waals surface area contributed by atoms with Gasteiger partial charge in [0.15, 0.2) is 5.13 Å². The molecule has 1 atom stereocenters. The first-order chi connectivity index (χ1) is 9.17. The lowest BCUT2D eigenvalue weighted by Crippen LogP contribution is -2.24. The highest BCUT2D eigenvalue weighted by Crippen LogP contribution is 2.37. The first kappa shape index (κ1) is 13.3. The fourth-order valence-electron chi connectivity index (χ4n) is 2.14. The molecular formula is C12H12N4O2S. The molecule has 1 heterocycles. The van der Waals surface area contributed by atoms with Gasteiger partial charge in [0, 0.05) is 4.88 Å². The molecule has 1 aliphatic rings. The number of rotatable bonds is 4. The van der Waals surface area contributed by atoms with Gasteiger partial charge in [0.05, 0.1) is 17.8 Å². The fraction of sp³-hybridized carbons (Fsp3) is 0.500. The zero-order valence-electron chi connectivity index (χ0n) is 10.2. The Kier molecular flexibility index (Phi) is 3.98. The summed E-state index contributed by atoms with van der Waals surface area (Å²) in [4.78, 5) is 18.1. The lowest BCUT2D eigenvalue weighted by atomic mass is 9.91. The maximum Gasteiger partial charge on any atom is 0.312 e. The minimum atomic E-state index is -0.857. The van der Waals surface area contributed by atoms with Crippen LogP contribution in [0.5, 0.6) is 0 Å². The Bertz CT molecular complexity index is 553. The number of hydrogen-bond donors (Lipinski definition) is 1. The Morgan fingerprint density at radius 3 is 2.74 bits per heavy atom. The van der Waals surface area contributed by atoms with E-state index < -0.39 is 11.9 Å². The Morgan fingerprint density at radius 1 is 1.47 bits per heavy atom. The number of nitrogens with zero attached hydrogens (tertiary/aromatic N) is 4. The molecule has 1 N–H and O–H groups in total. The number of aryl methyl sites for hydroxylation is 1. The minimum Gasteiger partial charge on any atom is -0.481 e. The Morgan fingerprint density at radius 2 is 2.16 bits per heavy atom. The van der Waals surface area contributed by atoms with Gasteiger partial charge in [-0.05, 0) is 19.3 Å². The second kappa shape index (κ2) is 5.68. The number of nitriles is 2. The average Bonchev–Trinajstić information content (AvgIpc) is 2.81. The smallest absolute Gasteiger partial charge is 0.312 e. The molecule has 19 heavy (non-hydrogen) atoms. The third-order valence-electron chi connectivity index (χ3n) is 3.03. The van der Waals surface area contributed by atoms with Crippen molar-refractivity contribution in [2.24, 2.45) is 0 Å². The van der Waals surface area contributed by atoms with Gasteiger partial charge in [-0.3, -0.25) is 4.79 Å². The summed E-state index contributed by atoms with van der Waals surface area (Å²) in [7, 11) is 0. The fourth-order valence-corrected chi connectivity index (χ4v) is 3.30. The third kappa shape index (κ3) is 2.67. The second-order valence-corrected chi connectivity index (χ2v) is 5.32. The number of carboxylic acids is 1. The van der Waals surface area contributed by atoms with Crippen LogP contribution in [0.25, 0.3) is 0 Å². The summed E-state index contributed by atoms with van der Waals surface area (Å²) < 4.78 is 0. The molecule has 0 aliphatic heterocycles. The van der Waals surface area contributed by atoms with Gasteiger partial charge in [0.25, 0.3) is 0 Å². The maximum absolute atomic E-state index is 11.2. The highest BCUT2D eigenvalue weighted by atomic mass is 32.1. The summed E-state index contributed by atoms with van der Waals surface area (Å²) in [5, 5.41) is 27.3. The number of thiazole rings is 1. The molecule has 0 saturated carbocycles. The monoisotopic (exact) mass is 276 g/mol. The third-order valence-corrected chi connectivity index (χ3v) is 4.23. The first-order valence-corrected chi connectivity index (χ1v) is 6.70. The molecule has 98 valence electrons. The molecule has 0 bridgehead atoms. The Labute approximate surface area is 114 Å². The van der Waals surface area contributed by atoms with Crippen LogP contribution in [0.3, 0.4) is 0 Å². The van der Waals surface area contributed by atoms with E-state index in [1.165, 1.54) is 11.3 Å². The number of carbonyl (C=O) groups is 1. The zero-order valence-corrected chi connectivity index (χ0v) is 11.0. The van der Waals surface area contributed by atoms with E-state index >= 15 is 0 Å². The van der Waals surface area contributed by atoms with Crippen LogP contribution in [0.4, 0.5) is 5.13 Å². The van der Waals surface area contributed by atoms with E-state index in [-0.39, 0.29) is 13.1 Å². The van der Waals surface area contributed by atoms with E-state index in [4.69, 9.17) is 10.5 Å². The van der Waals surface area contributed by atoms with Crippen LogP contribution < -0.4 is 4.90 Å². The summed E-state index contributed by atoms with van der Waals surface area (Å²) in [6.45, 7) is 0.162. The highest BCUT2D eigenvalue weighted by molar-refractivity contribution is 7.15. The maximum atomic E-state index is 11.2. The molecule has 0 amide bonds. The van der Waals surface area contributed by atoms with Gasteiger partial charge in [0.1, 0.15) is 19.0 Å². The molecule has 0 saturated heterocycles. The molecule has 7 heteroatoms. The van der Waals surface area contributed by atoms with Crippen LogP contribution >= 0.6 is 11.3 Å². The van der Waals surface area contributed by atoms with Crippen molar-refractivity contribution in [3.63, 3.8) is 0 Å². The molecule has 2 rings (SSSR count). The van der Waals surface area contributed by atoms with Crippen molar-refractivity contribution in [1.82, 2.24) is 4.98 Å². The normalized spacial score (nSPS) is 17.1. The predicted octanol–water partition coefficient (Wildman–Crippen LogP) is 1.50. The van der Waals surface area contributed by atoms with Crippen LogP contribution in [0, 0.1) is 22.7 Å². The molecule has 1 aromatic rings. The average molecular weight is 276 g/mol. The van der Waals surface area contributed by atoms with Crippen molar-refractivity contribution in [2.45, 2.75) is 25.2 Å². The van der Waals surface area contributed by atoms with Gasteiger partial charge >= 0.3 is 5.97 Å². The molecule has 0 aromatic carbocycles. The van der Waals surface area contributed by atoms with Crippen molar-refractivity contribution in [3.05, 3.63) is 10.6 Å². The van der Waals surface area contributed by atoms with E-state index in [0.717, 1.165) is 17.7 Å². The van der Waals surface area contributed by atoms with Crippen LogP contribution in [0.2, 0.25) is 0 Å². The minimum absolute atomic E-state index is 0.0810.